The molecule has 2 aromatic carbocycles. The number of hydrogen-bond acceptors (Lipinski definition) is 2. The maximum Gasteiger partial charge on any atom is 0.119 e. The summed E-state index contributed by atoms with van der Waals surface area (Å²) in [5.41, 5.74) is 4.58. The summed E-state index contributed by atoms with van der Waals surface area (Å²) < 4.78 is 5.72. The normalized spacial score (nSPS) is 10.4. The van der Waals surface area contributed by atoms with E-state index >= 15 is 0 Å². The molecule has 2 heteroatoms. The van der Waals surface area contributed by atoms with E-state index in [2.05, 4.69) is 32.0 Å². The lowest BCUT2D eigenvalue weighted by molar-refractivity contribution is 0.280. The zero-order valence-corrected chi connectivity index (χ0v) is 10.8. The van der Waals surface area contributed by atoms with E-state index in [4.69, 9.17) is 9.84 Å². The second-order valence-electron chi connectivity index (χ2n) is 4.59. The number of hydrogen-bond donors (Lipinski definition) is 1. The van der Waals surface area contributed by atoms with Crippen molar-refractivity contribution >= 4 is 0 Å². The van der Waals surface area contributed by atoms with Gasteiger partial charge in [-0.15, -0.1) is 0 Å². The lowest BCUT2D eigenvalue weighted by Gasteiger charge is -2.08. The smallest absolute Gasteiger partial charge is 0.119 e. The lowest BCUT2D eigenvalue weighted by Crippen LogP contribution is -1.96. The van der Waals surface area contributed by atoms with Crippen LogP contribution in [0.25, 0.3) is 0 Å². The minimum absolute atomic E-state index is 0.0668. The molecule has 0 saturated heterocycles. The van der Waals surface area contributed by atoms with Crippen molar-refractivity contribution < 1.29 is 9.84 Å². The molecule has 0 fully saturated rings. The lowest BCUT2D eigenvalue weighted by atomic mass is 10.1. The van der Waals surface area contributed by atoms with E-state index in [1.54, 1.807) is 0 Å². The predicted octanol–water partition coefficient (Wildman–Crippen LogP) is 3.37. The highest BCUT2D eigenvalue weighted by Crippen LogP contribution is 2.15. The van der Waals surface area contributed by atoms with Gasteiger partial charge in [0.15, 0.2) is 0 Å². The van der Waals surface area contributed by atoms with Crippen LogP contribution in [-0.4, -0.2) is 5.11 Å². The highest BCUT2D eigenvalue weighted by atomic mass is 16.5. The largest absolute Gasteiger partial charge is 0.489 e. The van der Waals surface area contributed by atoms with Gasteiger partial charge in [0.25, 0.3) is 0 Å². The van der Waals surface area contributed by atoms with Gasteiger partial charge in [0.1, 0.15) is 12.4 Å². The third-order valence-corrected chi connectivity index (χ3v) is 2.79. The standard InChI is InChI=1S/C16H18O2/c1-12-7-13(2)9-15(8-12)11-18-16-5-3-14(10-17)4-6-16/h3-9,17H,10-11H2,1-2H3. The van der Waals surface area contributed by atoms with Crippen LogP contribution >= 0.6 is 0 Å². The summed E-state index contributed by atoms with van der Waals surface area (Å²) in [7, 11) is 0. The van der Waals surface area contributed by atoms with E-state index in [0.29, 0.717) is 6.61 Å². The van der Waals surface area contributed by atoms with Crippen LogP contribution in [-0.2, 0) is 13.2 Å². The first-order valence-electron chi connectivity index (χ1n) is 6.07. The molecule has 0 amide bonds. The van der Waals surface area contributed by atoms with Gasteiger partial charge >= 0.3 is 0 Å². The molecular weight excluding hydrogens is 224 g/mol. The fraction of sp³-hybridized carbons (Fsp3) is 0.250. The van der Waals surface area contributed by atoms with Crippen molar-refractivity contribution in [3.05, 3.63) is 64.7 Å². The van der Waals surface area contributed by atoms with Crippen LogP contribution in [0.4, 0.5) is 0 Å². The molecule has 1 N–H and O–H groups in total. The van der Waals surface area contributed by atoms with Crippen LogP contribution < -0.4 is 4.74 Å². The number of ether oxygens (including phenoxy) is 1. The van der Waals surface area contributed by atoms with Crippen molar-refractivity contribution in [3.63, 3.8) is 0 Å². The van der Waals surface area contributed by atoms with Crippen LogP contribution in [0.2, 0.25) is 0 Å². The Kier molecular flexibility index (Phi) is 4.00. The van der Waals surface area contributed by atoms with Crippen molar-refractivity contribution in [3.8, 4) is 5.75 Å². The Morgan fingerprint density at radius 1 is 0.889 bits per heavy atom. The summed E-state index contributed by atoms with van der Waals surface area (Å²) in [6.45, 7) is 4.82. The summed E-state index contributed by atoms with van der Waals surface area (Å²) >= 11 is 0. The first-order valence-corrected chi connectivity index (χ1v) is 6.07. The van der Waals surface area contributed by atoms with E-state index in [0.717, 1.165) is 11.3 Å². The van der Waals surface area contributed by atoms with Gasteiger partial charge in [0, 0.05) is 0 Å². The van der Waals surface area contributed by atoms with E-state index in [9.17, 15) is 0 Å². The van der Waals surface area contributed by atoms with Crippen LogP contribution in [0, 0.1) is 13.8 Å². The molecule has 0 aliphatic carbocycles. The van der Waals surface area contributed by atoms with Gasteiger partial charge in [0.2, 0.25) is 0 Å². The first-order chi connectivity index (χ1) is 8.67. The molecular formula is C16H18O2. The van der Waals surface area contributed by atoms with Crippen LogP contribution in [0.5, 0.6) is 5.75 Å². The van der Waals surface area contributed by atoms with Crippen LogP contribution in [0.1, 0.15) is 22.3 Å². The highest BCUT2D eigenvalue weighted by molar-refractivity contribution is 5.30. The second-order valence-corrected chi connectivity index (χ2v) is 4.59. The molecule has 2 nitrogen and oxygen atoms in total. The van der Waals surface area contributed by atoms with Gasteiger partial charge in [-0.3, -0.25) is 0 Å². The molecule has 18 heavy (non-hydrogen) atoms. The minimum atomic E-state index is 0.0668. The average Bonchev–Trinajstić information content (AvgIpc) is 2.36. The number of aliphatic hydroxyl groups excluding tert-OH is 1. The summed E-state index contributed by atoms with van der Waals surface area (Å²) in [5, 5.41) is 8.96. The van der Waals surface area contributed by atoms with E-state index < -0.39 is 0 Å². The van der Waals surface area contributed by atoms with E-state index in [-0.39, 0.29) is 6.61 Å². The molecule has 0 spiro atoms. The number of benzene rings is 2. The van der Waals surface area contributed by atoms with Crippen molar-refractivity contribution in [2.45, 2.75) is 27.1 Å². The van der Waals surface area contributed by atoms with E-state index in [1.165, 1.54) is 16.7 Å². The van der Waals surface area contributed by atoms with Gasteiger partial charge in [-0.2, -0.15) is 0 Å². The van der Waals surface area contributed by atoms with Crippen molar-refractivity contribution in [2.24, 2.45) is 0 Å². The molecule has 94 valence electrons. The predicted molar refractivity (Wildman–Crippen MR) is 72.6 cm³/mol. The molecule has 0 aliphatic heterocycles. The van der Waals surface area contributed by atoms with Gasteiger partial charge in [-0.25, -0.2) is 0 Å². The van der Waals surface area contributed by atoms with Crippen LogP contribution in [0.3, 0.4) is 0 Å². The number of aryl methyl sites for hydroxylation is 2. The van der Waals surface area contributed by atoms with Gasteiger partial charge < -0.3 is 9.84 Å². The maximum atomic E-state index is 8.96. The average molecular weight is 242 g/mol. The molecule has 0 radical (unpaired) electrons. The van der Waals surface area contributed by atoms with Crippen LogP contribution in [0.15, 0.2) is 42.5 Å². The minimum Gasteiger partial charge on any atom is -0.489 e. The molecule has 0 saturated carbocycles. The summed E-state index contributed by atoms with van der Waals surface area (Å²) in [6, 6.07) is 13.9. The topological polar surface area (TPSA) is 29.5 Å². The zero-order valence-electron chi connectivity index (χ0n) is 10.8. The second kappa shape index (κ2) is 5.69. The summed E-state index contributed by atoms with van der Waals surface area (Å²) in [4.78, 5) is 0. The fourth-order valence-electron chi connectivity index (χ4n) is 2.01. The molecule has 0 bridgehead atoms. The molecule has 2 aromatic rings. The molecule has 0 unspecified atom stereocenters. The Labute approximate surface area is 108 Å². The van der Waals surface area contributed by atoms with Gasteiger partial charge in [0.05, 0.1) is 6.61 Å². The third kappa shape index (κ3) is 3.34. The molecule has 0 aromatic heterocycles. The van der Waals surface area contributed by atoms with Gasteiger partial charge in [-0.1, -0.05) is 41.5 Å². The quantitative estimate of drug-likeness (QED) is 0.890. The molecule has 0 atom stereocenters. The Bertz CT molecular complexity index is 495. The van der Waals surface area contributed by atoms with E-state index in [1.807, 2.05) is 24.3 Å². The Balaban J connectivity index is 2.01. The van der Waals surface area contributed by atoms with Crippen molar-refractivity contribution in [1.29, 1.82) is 0 Å². The monoisotopic (exact) mass is 242 g/mol. The Hall–Kier alpha value is -1.80. The SMILES string of the molecule is Cc1cc(C)cc(COc2ccc(CO)cc2)c1. The number of aliphatic hydroxyl groups is 1. The molecule has 2 rings (SSSR count). The number of rotatable bonds is 4. The van der Waals surface area contributed by atoms with Crippen molar-refractivity contribution in [2.75, 3.05) is 0 Å². The fourth-order valence-corrected chi connectivity index (χ4v) is 2.01. The maximum absolute atomic E-state index is 8.96. The van der Waals surface area contributed by atoms with Crippen molar-refractivity contribution in [1.82, 2.24) is 0 Å². The Morgan fingerprint density at radius 2 is 1.50 bits per heavy atom. The third-order valence-electron chi connectivity index (χ3n) is 2.79. The Morgan fingerprint density at radius 3 is 2.06 bits per heavy atom. The zero-order chi connectivity index (χ0) is 13.0. The summed E-state index contributed by atoms with van der Waals surface area (Å²) in [5.74, 6) is 0.825. The highest BCUT2D eigenvalue weighted by Gasteiger charge is 1.98. The summed E-state index contributed by atoms with van der Waals surface area (Å²) in [6.07, 6.45) is 0. The van der Waals surface area contributed by atoms with Gasteiger partial charge in [-0.05, 0) is 37.1 Å². The molecule has 0 heterocycles. The molecule has 0 aliphatic rings. The first kappa shape index (κ1) is 12.7.